The molecule has 0 unspecified atom stereocenters. The summed E-state index contributed by atoms with van der Waals surface area (Å²) in [6.07, 6.45) is 7.53. The number of aromatic nitrogens is 2. The van der Waals surface area contributed by atoms with Crippen LogP contribution >= 0.6 is 0 Å². The van der Waals surface area contributed by atoms with E-state index in [2.05, 4.69) is 62.1 Å². The first kappa shape index (κ1) is 46.7. The molecule has 0 saturated heterocycles. The number of nitrogens with zero attached hydrogens (tertiary/aromatic N) is 2. The van der Waals surface area contributed by atoms with Crippen molar-refractivity contribution in [2.75, 3.05) is 17.7 Å². The third-order valence-corrected chi connectivity index (χ3v) is 13.3. The van der Waals surface area contributed by atoms with Crippen molar-refractivity contribution in [2.24, 2.45) is 5.92 Å². The van der Waals surface area contributed by atoms with E-state index in [1.807, 2.05) is 97.1 Å². The van der Waals surface area contributed by atoms with Gasteiger partial charge in [0.2, 0.25) is 5.60 Å². The molecule has 348 valence electrons. The molecule has 2 N–H and O–H groups in total. The highest BCUT2D eigenvalue weighted by atomic mass is 16.6. The van der Waals surface area contributed by atoms with Crippen LogP contribution in [0, 0.1) is 5.92 Å². The maximum absolute atomic E-state index is 13.7. The molecular weight excluding hydrogens is 845 g/mol. The molecule has 67 heavy (non-hydrogen) atoms. The summed E-state index contributed by atoms with van der Waals surface area (Å²) in [4.78, 5) is 62.0. The third kappa shape index (κ3) is 10.7. The number of carbonyl (C=O) groups excluding carboxylic acids is 4. The molecule has 2 amide bonds. The van der Waals surface area contributed by atoms with Gasteiger partial charge in [0.05, 0.1) is 25.4 Å². The summed E-state index contributed by atoms with van der Waals surface area (Å²) >= 11 is 0. The number of carbonyl (C=O) groups is 4. The standard InChI is InChI=1S/C55H60N4O8/c1-53(2,3)41-20-12-36(13-21-41)47(60)58-43-24-16-34(17-25-43)45-32-56-49(65-45)38-8-10-40(11-9-38)51(62)67-55(52(63)64-7)30-28-39(29-31-55)50-57-33-46(66-50)35-18-26-44(27-19-35)59-48(61)37-14-22-42(23-15-37)54(4,5)6/h12-27,32-33,38-40H,8-11,28-31H2,1-7H3,(H,58,60)(H,59,61). The van der Waals surface area contributed by atoms with E-state index in [0.717, 1.165) is 16.7 Å². The predicted molar refractivity (Wildman–Crippen MR) is 257 cm³/mol. The van der Waals surface area contributed by atoms with Gasteiger partial charge >= 0.3 is 11.9 Å². The van der Waals surface area contributed by atoms with Crippen LogP contribution in [0.15, 0.2) is 118 Å². The molecule has 0 spiro atoms. The predicted octanol–water partition coefficient (Wildman–Crippen LogP) is 12.2. The molecule has 2 heterocycles. The molecule has 2 aliphatic carbocycles. The molecule has 4 aromatic carbocycles. The molecule has 2 aromatic heterocycles. The molecular formula is C55H60N4O8. The van der Waals surface area contributed by atoms with Gasteiger partial charge in [0, 0.05) is 45.5 Å². The lowest BCUT2D eigenvalue weighted by Crippen LogP contribution is -2.48. The Labute approximate surface area is 392 Å². The van der Waals surface area contributed by atoms with E-state index in [1.165, 1.54) is 12.7 Å². The second-order valence-electron chi connectivity index (χ2n) is 20.1. The highest BCUT2D eigenvalue weighted by molar-refractivity contribution is 6.05. The minimum atomic E-state index is -1.38. The molecule has 0 bridgehead atoms. The Morgan fingerprint density at radius 2 is 0.970 bits per heavy atom. The number of anilines is 2. The Balaban J connectivity index is 0.809. The van der Waals surface area contributed by atoms with Crippen LogP contribution in [0.5, 0.6) is 0 Å². The Kier molecular flexibility index (Phi) is 13.4. The van der Waals surface area contributed by atoms with Gasteiger partial charge in [0.25, 0.3) is 11.8 Å². The number of oxazole rings is 2. The Morgan fingerprint density at radius 3 is 1.36 bits per heavy atom. The van der Waals surface area contributed by atoms with Crippen molar-refractivity contribution in [2.45, 2.75) is 121 Å². The molecule has 2 fully saturated rings. The fourth-order valence-electron chi connectivity index (χ4n) is 9.02. The van der Waals surface area contributed by atoms with Crippen LogP contribution < -0.4 is 10.6 Å². The third-order valence-electron chi connectivity index (χ3n) is 13.3. The number of nitrogens with one attached hydrogen (secondary N) is 2. The number of benzene rings is 4. The summed E-state index contributed by atoms with van der Waals surface area (Å²) in [5, 5.41) is 5.93. The molecule has 12 heteroatoms. The first-order chi connectivity index (χ1) is 32.0. The van der Waals surface area contributed by atoms with E-state index in [4.69, 9.17) is 18.3 Å². The molecule has 8 rings (SSSR count). The Hall–Kier alpha value is -6.82. The van der Waals surface area contributed by atoms with Crippen molar-refractivity contribution in [1.29, 1.82) is 0 Å². The van der Waals surface area contributed by atoms with E-state index in [0.29, 0.717) is 84.3 Å². The maximum atomic E-state index is 13.7. The largest absolute Gasteiger partial charge is 0.466 e. The molecule has 2 aliphatic rings. The maximum Gasteiger partial charge on any atom is 0.350 e. The van der Waals surface area contributed by atoms with Gasteiger partial charge in [-0.1, -0.05) is 65.8 Å². The zero-order valence-electron chi connectivity index (χ0n) is 39.4. The summed E-state index contributed by atoms with van der Waals surface area (Å²) in [6.45, 7) is 12.8. The zero-order valence-corrected chi connectivity index (χ0v) is 39.4. The van der Waals surface area contributed by atoms with Gasteiger partial charge in [-0.3, -0.25) is 14.4 Å². The van der Waals surface area contributed by atoms with E-state index < -0.39 is 11.6 Å². The summed E-state index contributed by atoms with van der Waals surface area (Å²) in [5.74, 6) is 0.694. The van der Waals surface area contributed by atoms with E-state index in [1.54, 1.807) is 12.4 Å². The fourth-order valence-corrected chi connectivity index (χ4v) is 9.02. The van der Waals surface area contributed by atoms with Crippen LogP contribution in [0.25, 0.3) is 22.6 Å². The molecule has 12 nitrogen and oxygen atoms in total. The minimum Gasteiger partial charge on any atom is -0.466 e. The summed E-state index contributed by atoms with van der Waals surface area (Å²) in [7, 11) is 1.32. The lowest BCUT2D eigenvalue weighted by molar-refractivity contribution is -0.189. The van der Waals surface area contributed by atoms with Crippen LogP contribution in [0.2, 0.25) is 0 Å². The average Bonchev–Trinajstić information content (AvgIpc) is 4.03. The molecule has 0 radical (unpaired) electrons. The van der Waals surface area contributed by atoms with Crippen LogP contribution in [-0.4, -0.2) is 46.4 Å². The smallest absolute Gasteiger partial charge is 0.350 e. The Morgan fingerprint density at radius 1 is 0.567 bits per heavy atom. The first-order valence-corrected chi connectivity index (χ1v) is 23.3. The van der Waals surface area contributed by atoms with Gasteiger partial charge in [0.1, 0.15) is 0 Å². The lowest BCUT2D eigenvalue weighted by atomic mass is 9.78. The molecule has 0 aliphatic heterocycles. The van der Waals surface area contributed by atoms with Gasteiger partial charge in [-0.25, -0.2) is 14.8 Å². The Bertz CT molecular complexity index is 2690. The second-order valence-corrected chi connectivity index (χ2v) is 20.1. The number of esters is 2. The second kappa shape index (κ2) is 19.2. The van der Waals surface area contributed by atoms with E-state index in [9.17, 15) is 19.2 Å². The van der Waals surface area contributed by atoms with Gasteiger partial charge in [0.15, 0.2) is 23.3 Å². The normalized spacial score (nSPS) is 19.8. The van der Waals surface area contributed by atoms with Gasteiger partial charge in [-0.15, -0.1) is 0 Å². The van der Waals surface area contributed by atoms with Crippen LogP contribution in [0.1, 0.15) is 148 Å². The van der Waals surface area contributed by atoms with Crippen LogP contribution in [0.4, 0.5) is 11.4 Å². The van der Waals surface area contributed by atoms with Crippen molar-refractivity contribution in [3.8, 4) is 22.6 Å². The number of ether oxygens (including phenoxy) is 2. The number of hydrogen-bond donors (Lipinski definition) is 2. The summed E-state index contributed by atoms with van der Waals surface area (Å²) < 4.78 is 23.8. The average molecular weight is 905 g/mol. The van der Waals surface area contributed by atoms with Gasteiger partial charge in [-0.2, -0.15) is 0 Å². The van der Waals surface area contributed by atoms with E-state index >= 15 is 0 Å². The quantitative estimate of drug-likeness (QED) is 0.120. The van der Waals surface area contributed by atoms with Crippen LogP contribution in [0.3, 0.4) is 0 Å². The monoisotopic (exact) mass is 904 g/mol. The van der Waals surface area contributed by atoms with Crippen molar-refractivity contribution >= 4 is 35.1 Å². The topological polar surface area (TPSA) is 163 Å². The first-order valence-electron chi connectivity index (χ1n) is 23.3. The van der Waals surface area contributed by atoms with Crippen LogP contribution in [-0.2, 0) is 29.9 Å². The number of methoxy groups -OCH3 is 1. The highest BCUT2D eigenvalue weighted by Crippen LogP contribution is 2.44. The summed E-state index contributed by atoms with van der Waals surface area (Å²) in [5.41, 5.74) is 5.11. The van der Waals surface area contributed by atoms with Crippen molar-refractivity contribution in [3.05, 3.63) is 143 Å². The van der Waals surface area contributed by atoms with E-state index in [-0.39, 0.29) is 59.2 Å². The fraction of sp³-hybridized carbons (Fsp3) is 0.382. The minimum absolute atomic E-state index is 0.00341. The molecule has 6 aromatic rings. The summed E-state index contributed by atoms with van der Waals surface area (Å²) in [6, 6.07) is 30.2. The number of rotatable bonds is 11. The van der Waals surface area contributed by atoms with Crippen molar-refractivity contribution in [1.82, 2.24) is 9.97 Å². The van der Waals surface area contributed by atoms with Gasteiger partial charge < -0.3 is 28.9 Å². The number of amides is 2. The van der Waals surface area contributed by atoms with Crippen molar-refractivity contribution in [3.63, 3.8) is 0 Å². The van der Waals surface area contributed by atoms with Gasteiger partial charge in [-0.05, 0) is 146 Å². The SMILES string of the molecule is COC(=O)C1(OC(=O)C2CCC(c3ncc(-c4ccc(NC(=O)c5ccc(C(C)(C)C)cc5)cc4)o3)CC2)CCC(c2ncc(-c3ccc(NC(=O)c4ccc(C(C)(C)C)cc4)cc3)o2)CC1. The van der Waals surface area contributed by atoms with Crippen molar-refractivity contribution < 1.29 is 37.5 Å². The number of hydrogen-bond acceptors (Lipinski definition) is 10. The molecule has 0 atom stereocenters. The lowest BCUT2D eigenvalue weighted by Gasteiger charge is -2.37. The zero-order chi connectivity index (χ0) is 47.5. The highest BCUT2D eigenvalue weighted by Gasteiger charge is 2.48. The molecule has 2 saturated carbocycles.